The largest absolute Gasteiger partial charge is 0.459 e. The van der Waals surface area contributed by atoms with Crippen molar-refractivity contribution in [2.45, 2.75) is 19.1 Å². The average Bonchev–Trinajstić information content (AvgIpc) is 3.00. The van der Waals surface area contributed by atoms with Crippen LogP contribution in [0.3, 0.4) is 0 Å². The second-order valence-electron chi connectivity index (χ2n) is 5.49. The van der Waals surface area contributed by atoms with E-state index < -0.39 is 34.0 Å². The quantitative estimate of drug-likeness (QED) is 0.446. The first-order valence-electron chi connectivity index (χ1n) is 6.99. The molecule has 1 atom stereocenters. The van der Waals surface area contributed by atoms with E-state index in [0.717, 1.165) is 16.7 Å². The third kappa shape index (κ3) is 4.57. The standard InChI is InChI=1S/C14H14N4O7/c1-14(20,8-16-7-6-15-13(16)18(23)24)9-25-12(19)10-2-4-11(5-3-10)17(21)22/h2-7,20H,8-9H2,1H3/t14-/m1/s1. The minimum Gasteiger partial charge on any atom is -0.459 e. The molecule has 0 aliphatic rings. The van der Waals surface area contributed by atoms with Gasteiger partial charge >= 0.3 is 11.9 Å². The Hall–Kier alpha value is -3.34. The molecule has 0 bridgehead atoms. The van der Waals surface area contributed by atoms with Gasteiger partial charge in [-0.15, -0.1) is 0 Å². The average molecular weight is 350 g/mol. The van der Waals surface area contributed by atoms with Crippen molar-refractivity contribution in [3.63, 3.8) is 0 Å². The van der Waals surface area contributed by atoms with Crippen LogP contribution in [0.4, 0.5) is 11.6 Å². The highest BCUT2D eigenvalue weighted by Crippen LogP contribution is 2.16. The first kappa shape index (κ1) is 18.0. The lowest BCUT2D eigenvalue weighted by atomic mass is 10.1. The number of non-ortho nitro benzene ring substituents is 1. The Balaban J connectivity index is 1.98. The summed E-state index contributed by atoms with van der Waals surface area (Å²) in [5.74, 6) is -1.22. The summed E-state index contributed by atoms with van der Waals surface area (Å²) < 4.78 is 6.10. The van der Waals surface area contributed by atoms with Crippen molar-refractivity contribution in [3.05, 3.63) is 62.5 Å². The summed E-state index contributed by atoms with van der Waals surface area (Å²) in [6.45, 7) is 0.703. The number of carbonyl (C=O) groups is 1. The van der Waals surface area contributed by atoms with Gasteiger partial charge in [-0.2, -0.15) is 0 Å². The number of nitro groups is 2. The van der Waals surface area contributed by atoms with Crippen molar-refractivity contribution >= 4 is 17.6 Å². The number of aromatic nitrogens is 2. The molecule has 2 aromatic rings. The monoisotopic (exact) mass is 350 g/mol. The smallest absolute Gasteiger partial charge is 0.434 e. The van der Waals surface area contributed by atoms with E-state index >= 15 is 0 Å². The zero-order valence-corrected chi connectivity index (χ0v) is 13.1. The molecule has 11 heteroatoms. The molecule has 0 aliphatic carbocycles. The van der Waals surface area contributed by atoms with E-state index in [1.165, 1.54) is 31.5 Å². The van der Waals surface area contributed by atoms with Crippen LogP contribution < -0.4 is 0 Å². The Bertz CT molecular complexity index is 798. The summed E-state index contributed by atoms with van der Waals surface area (Å²) in [5.41, 5.74) is -1.67. The van der Waals surface area contributed by atoms with Gasteiger partial charge in [0.15, 0.2) is 0 Å². The Kier molecular flexibility index (Phi) is 5.08. The molecule has 1 aromatic carbocycles. The van der Waals surface area contributed by atoms with Crippen LogP contribution in [0.25, 0.3) is 0 Å². The van der Waals surface area contributed by atoms with E-state index in [1.54, 1.807) is 0 Å². The normalized spacial score (nSPS) is 13.0. The van der Waals surface area contributed by atoms with Crippen LogP contribution in [0.2, 0.25) is 0 Å². The summed E-state index contributed by atoms with van der Waals surface area (Å²) >= 11 is 0. The molecular formula is C14H14N4O7. The van der Waals surface area contributed by atoms with E-state index in [-0.39, 0.29) is 17.8 Å². The van der Waals surface area contributed by atoms with E-state index in [2.05, 4.69) is 4.98 Å². The molecule has 0 saturated carbocycles. The van der Waals surface area contributed by atoms with Crippen LogP contribution in [0.1, 0.15) is 17.3 Å². The highest BCUT2D eigenvalue weighted by Gasteiger charge is 2.28. The minimum atomic E-state index is -1.58. The molecule has 0 amide bonds. The number of rotatable bonds is 7. The van der Waals surface area contributed by atoms with E-state index in [4.69, 9.17) is 4.74 Å². The Morgan fingerprint density at radius 1 is 1.28 bits per heavy atom. The van der Waals surface area contributed by atoms with Crippen LogP contribution in [0.5, 0.6) is 0 Å². The van der Waals surface area contributed by atoms with Crippen LogP contribution in [-0.2, 0) is 11.3 Å². The molecule has 0 unspecified atom stereocenters. The SMILES string of the molecule is C[C@](O)(COC(=O)c1ccc([N+](=O)[O-])cc1)Cn1ccnc1[N+](=O)[O-]. The molecular weight excluding hydrogens is 336 g/mol. The Morgan fingerprint density at radius 2 is 1.92 bits per heavy atom. The van der Waals surface area contributed by atoms with Gasteiger partial charge in [-0.25, -0.2) is 9.36 Å². The molecule has 11 nitrogen and oxygen atoms in total. The number of nitro benzene ring substituents is 1. The second kappa shape index (κ2) is 7.05. The Morgan fingerprint density at radius 3 is 2.48 bits per heavy atom. The van der Waals surface area contributed by atoms with Gasteiger partial charge in [0, 0.05) is 12.1 Å². The van der Waals surface area contributed by atoms with Crippen LogP contribution in [0.15, 0.2) is 36.7 Å². The molecule has 1 heterocycles. The lowest BCUT2D eigenvalue weighted by molar-refractivity contribution is -0.397. The second-order valence-corrected chi connectivity index (χ2v) is 5.49. The van der Waals surface area contributed by atoms with Gasteiger partial charge in [0.2, 0.25) is 0 Å². The van der Waals surface area contributed by atoms with Gasteiger partial charge in [-0.1, -0.05) is 4.98 Å². The van der Waals surface area contributed by atoms with Crippen molar-refractivity contribution in [2.24, 2.45) is 0 Å². The number of nitrogens with zero attached hydrogens (tertiary/aromatic N) is 4. The Labute approximate surface area is 140 Å². The highest BCUT2D eigenvalue weighted by atomic mass is 16.6. The van der Waals surface area contributed by atoms with Crippen LogP contribution in [0, 0.1) is 20.2 Å². The number of imidazole rings is 1. The predicted octanol–water partition coefficient (Wildman–Crippen LogP) is 1.31. The number of carbonyl (C=O) groups excluding carboxylic acids is 1. The highest BCUT2D eigenvalue weighted by molar-refractivity contribution is 5.89. The molecule has 2 rings (SSSR count). The molecule has 132 valence electrons. The maximum absolute atomic E-state index is 11.9. The molecule has 0 aliphatic heterocycles. The fraction of sp³-hybridized carbons (Fsp3) is 0.286. The molecule has 25 heavy (non-hydrogen) atoms. The summed E-state index contributed by atoms with van der Waals surface area (Å²) in [6, 6.07) is 4.78. The first-order chi connectivity index (χ1) is 11.7. The van der Waals surface area contributed by atoms with Crippen LogP contribution >= 0.6 is 0 Å². The minimum absolute atomic E-state index is 0.0787. The van der Waals surface area contributed by atoms with Gasteiger partial charge in [-0.3, -0.25) is 10.1 Å². The molecule has 0 spiro atoms. The first-order valence-corrected chi connectivity index (χ1v) is 6.99. The fourth-order valence-electron chi connectivity index (χ4n) is 2.03. The number of esters is 1. The molecule has 0 fully saturated rings. The van der Waals surface area contributed by atoms with E-state index in [9.17, 15) is 30.1 Å². The van der Waals surface area contributed by atoms with Gasteiger partial charge in [-0.05, 0) is 24.0 Å². The third-order valence-electron chi connectivity index (χ3n) is 3.20. The van der Waals surface area contributed by atoms with Crippen LogP contribution in [-0.4, -0.2) is 42.7 Å². The zero-order valence-electron chi connectivity index (χ0n) is 13.1. The summed E-state index contributed by atoms with van der Waals surface area (Å²) in [4.78, 5) is 35.5. The summed E-state index contributed by atoms with van der Waals surface area (Å²) in [6.07, 6.45) is 2.54. The van der Waals surface area contributed by atoms with Gasteiger partial charge in [0.05, 0.1) is 10.5 Å². The van der Waals surface area contributed by atoms with Crippen molar-refractivity contribution < 1.29 is 24.5 Å². The lowest BCUT2D eigenvalue weighted by Gasteiger charge is -2.21. The van der Waals surface area contributed by atoms with E-state index in [0.29, 0.717) is 0 Å². The predicted molar refractivity (Wildman–Crippen MR) is 82.9 cm³/mol. The molecule has 0 saturated heterocycles. The lowest BCUT2D eigenvalue weighted by Crippen LogP contribution is -2.37. The zero-order chi connectivity index (χ0) is 18.6. The van der Waals surface area contributed by atoms with Crippen molar-refractivity contribution in [1.82, 2.24) is 9.55 Å². The third-order valence-corrected chi connectivity index (χ3v) is 3.20. The summed E-state index contributed by atoms with van der Waals surface area (Å²) in [7, 11) is 0. The molecule has 1 aromatic heterocycles. The van der Waals surface area contributed by atoms with Crippen molar-refractivity contribution in [1.29, 1.82) is 0 Å². The topological polar surface area (TPSA) is 151 Å². The number of hydrogen-bond acceptors (Lipinski definition) is 8. The fourth-order valence-corrected chi connectivity index (χ4v) is 2.03. The van der Waals surface area contributed by atoms with Crippen molar-refractivity contribution in [3.8, 4) is 0 Å². The molecule has 0 radical (unpaired) electrons. The maximum Gasteiger partial charge on any atom is 0.434 e. The molecule has 1 N–H and O–H groups in total. The number of ether oxygens (including phenoxy) is 1. The van der Waals surface area contributed by atoms with Crippen molar-refractivity contribution in [2.75, 3.05) is 6.61 Å². The van der Waals surface area contributed by atoms with Gasteiger partial charge in [0.25, 0.3) is 5.69 Å². The number of hydrogen-bond donors (Lipinski definition) is 1. The maximum atomic E-state index is 11.9. The number of benzene rings is 1. The van der Waals surface area contributed by atoms with Gasteiger partial charge in [0.1, 0.15) is 31.1 Å². The van der Waals surface area contributed by atoms with Gasteiger partial charge < -0.3 is 20.0 Å². The van der Waals surface area contributed by atoms with E-state index in [1.807, 2.05) is 0 Å². The number of aliphatic hydroxyl groups is 1. The summed E-state index contributed by atoms with van der Waals surface area (Å²) in [5, 5.41) is 31.6.